The van der Waals surface area contributed by atoms with Crippen LogP contribution in [0.5, 0.6) is 0 Å². The Bertz CT molecular complexity index is 496. The number of carbonyl (C=O) groups excluding carboxylic acids is 1. The second-order valence-electron chi connectivity index (χ2n) is 6.76. The Morgan fingerprint density at radius 2 is 1.95 bits per heavy atom. The first-order valence-corrected chi connectivity index (χ1v) is 9.54. The fourth-order valence-electron chi connectivity index (χ4n) is 3.54. The molecule has 2 aliphatic rings. The predicted molar refractivity (Wildman–Crippen MR) is 90.1 cm³/mol. The Morgan fingerprint density at radius 3 is 2.73 bits per heavy atom. The number of thiazole rings is 1. The van der Waals surface area contributed by atoms with E-state index in [1.165, 1.54) is 41.3 Å². The van der Waals surface area contributed by atoms with Gasteiger partial charge in [0.2, 0.25) is 5.91 Å². The van der Waals surface area contributed by atoms with Crippen molar-refractivity contribution in [2.24, 2.45) is 5.73 Å². The topological polar surface area (TPSA) is 68.0 Å². The highest BCUT2D eigenvalue weighted by Gasteiger charge is 2.34. The van der Waals surface area contributed by atoms with E-state index in [1.807, 2.05) is 11.3 Å². The minimum absolute atomic E-state index is 0.0469. The Morgan fingerprint density at radius 1 is 1.18 bits per heavy atom. The molecule has 22 heavy (non-hydrogen) atoms. The minimum Gasteiger partial charge on any atom is -0.354 e. The van der Waals surface area contributed by atoms with E-state index in [0.717, 1.165) is 44.9 Å². The first kappa shape index (κ1) is 15.9. The van der Waals surface area contributed by atoms with Crippen LogP contribution >= 0.6 is 11.3 Å². The second-order valence-corrected chi connectivity index (χ2v) is 7.93. The molecule has 0 atom stereocenters. The van der Waals surface area contributed by atoms with Crippen LogP contribution in [0.1, 0.15) is 66.9 Å². The van der Waals surface area contributed by atoms with E-state index in [2.05, 4.69) is 5.32 Å². The molecule has 1 heterocycles. The summed E-state index contributed by atoms with van der Waals surface area (Å²) in [6.45, 7) is 0.710. The summed E-state index contributed by atoms with van der Waals surface area (Å²) in [5.74, 6) is 0.0469. The summed E-state index contributed by atoms with van der Waals surface area (Å²) in [4.78, 5) is 18.5. The zero-order chi connectivity index (χ0) is 15.4. The molecule has 0 spiro atoms. The molecule has 3 rings (SSSR count). The van der Waals surface area contributed by atoms with E-state index < -0.39 is 5.54 Å². The monoisotopic (exact) mass is 321 g/mol. The lowest BCUT2D eigenvalue weighted by Gasteiger charge is -2.31. The van der Waals surface area contributed by atoms with Gasteiger partial charge < -0.3 is 11.1 Å². The second kappa shape index (κ2) is 7.09. The van der Waals surface area contributed by atoms with E-state index in [9.17, 15) is 4.79 Å². The van der Waals surface area contributed by atoms with E-state index in [-0.39, 0.29) is 5.91 Å². The molecule has 0 aromatic carbocycles. The van der Waals surface area contributed by atoms with Crippen LogP contribution in [0.15, 0.2) is 0 Å². The number of carbonyl (C=O) groups is 1. The first-order valence-electron chi connectivity index (χ1n) is 8.72. The molecule has 1 saturated carbocycles. The lowest BCUT2D eigenvalue weighted by molar-refractivity contribution is -0.127. The molecule has 1 amide bonds. The van der Waals surface area contributed by atoms with Crippen molar-refractivity contribution < 1.29 is 4.79 Å². The molecule has 0 saturated heterocycles. The summed E-state index contributed by atoms with van der Waals surface area (Å²) in [6, 6.07) is 0. The molecule has 5 heteroatoms. The maximum absolute atomic E-state index is 12.2. The number of hydrogen-bond acceptors (Lipinski definition) is 4. The molecule has 1 aromatic heterocycles. The van der Waals surface area contributed by atoms with Crippen molar-refractivity contribution in [1.29, 1.82) is 0 Å². The van der Waals surface area contributed by atoms with Gasteiger partial charge in [0, 0.05) is 17.8 Å². The van der Waals surface area contributed by atoms with Crippen LogP contribution in [0, 0.1) is 0 Å². The third-order valence-corrected chi connectivity index (χ3v) is 6.16. The van der Waals surface area contributed by atoms with Gasteiger partial charge in [0.05, 0.1) is 16.2 Å². The third-order valence-electron chi connectivity index (χ3n) is 4.94. The molecular formula is C17H27N3OS. The number of nitrogens with two attached hydrogens (primary N) is 1. The number of hydrogen-bond donors (Lipinski definition) is 2. The van der Waals surface area contributed by atoms with E-state index in [4.69, 9.17) is 10.7 Å². The lowest BCUT2D eigenvalue weighted by Crippen LogP contribution is -2.55. The molecule has 4 nitrogen and oxygen atoms in total. The average Bonchev–Trinajstić information content (AvgIpc) is 2.95. The maximum Gasteiger partial charge on any atom is 0.240 e. The Kier molecular flexibility index (Phi) is 5.14. The summed E-state index contributed by atoms with van der Waals surface area (Å²) in [5, 5.41) is 4.28. The fraction of sp³-hybridized carbons (Fsp3) is 0.765. The Hall–Kier alpha value is -0.940. The van der Waals surface area contributed by atoms with Gasteiger partial charge in [-0.3, -0.25) is 4.79 Å². The molecule has 1 fully saturated rings. The SMILES string of the molecule is NC1(C(=O)NCCCc2nc3c(s2)CCCC3)CCCCC1. The van der Waals surface area contributed by atoms with Crippen molar-refractivity contribution in [2.45, 2.75) is 76.2 Å². The van der Waals surface area contributed by atoms with Crippen LogP contribution < -0.4 is 11.1 Å². The number of amides is 1. The zero-order valence-electron chi connectivity index (χ0n) is 13.3. The van der Waals surface area contributed by atoms with Gasteiger partial charge >= 0.3 is 0 Å². The van der Waals surface area contributed by atoms with Crippen LogP contribution in [-0.2, 0) is 24.1 Å². The highest BCUT2D eigenvalue weighted by molar-refractivity contribution is 7.11. The first-order chi connectivity index (χ1) is 10.7. The fourth-order valence-corrected chi connectivity index (χ4v) is 4.74. The molecule has 3 N–H and O–H groups in total. The van der Waals surface area contributed by atoms with Crippen LogP contribution in [-0.4, -0.2) is 23.0 Å². The van der Waals surface area contributed by atoms with Gasteiger partial charge in [-0.25, -0.2) is 4.98 Å². The standard InChI is InChI=1S/C17H27N3OS/c18-17(10-4-1-5-11-17)16(21)19-12-6-9-15-20-13-7-2-3-8-14(13)22-15/h1-12,18H2,(H,19,21). The molecule has 0 radical (unpaired) electrons. The van der Waals surface area contributed by atoms with Crippen LogP contribution in [0.4, 0.5) is 0 Å². The van der Waals surface area contributed by atoms with Crippen LogP contribution in [0.3, 0.4) is 0 Å². The molecule has 122 valence electrons. The van der Waals surface area contributed by atoms with Crippen molar-refractivity contribution >= 4 is 17.2 Å². The molecule has 1 aromatic rings. The number of aryl methyl sites for hydroxylation is 3. The molecular weight excluding hydrogens is 294 g/mol. The Labute approximate surface area is 136 Å². The highest BCUT2D eigenvalue weighted by Crippen LogP contribution is 2.27. The largest absolute Gasteiger partial charge is 0.354 e. The van der Waals surface area contributed by atoms with Crippen molar-refractivity contribution in [3.05, 3.63) is 15.6 Å². The van der Waals surface area contributed by atoms with Crippen LogP contribution in [0.2, 0.25) is 0 Å². The van der Waals surface area contributed by atoms with Gasteiger partial charge in [-0.1, -0.05) is 19.3 Å². The number of rotatable bonds is 5. The van der Waals surface area contributed by atoms with Crippen molar-refractivity contribution in [3.8, 4) is 0 Å². The van der Waals surface area contributed by atoms with Gasteiger partial charge in [-0.05, 0) is 44.9 Å². The maximum atomic E-state index is 12.2. The zero-order valence-corrected chi connectivity index (χ0v) is 14.1. The van der Waals surface area contributed by atoms with Crippen LogP contribution in [0.25, 0.3) is 0 Å². The summed E-state index contributed by atoms with van der Waals surface area (Å²) >= 11 is 1.87. The van der Waals surface area contributed by atoms with E-state index in [0.29, 0.717) is 6.54 Å². The van der Waals surface area contributed by atoms with Gasteiger partial charge in [-0.15, -0.1) is 11.3 Å². The molecule has 0 unspecified atom stereocenters. The molecule has 2 aliphatic carbocycles. The van der Waals surface area contributed by atoms with Gasteiger partial charge in [-0.2, -0.15) is 0 Å². The Balaban J connectivity index is 1.41. The smallest absolute Gasteiger partial charge is 0.240 e. The number of nitrogens with one attached hydrogen (secondary N) is 1. The predicted octanol–water partition coefficient (Wildman–Crippen LogP) is 2.73. The van der Waals surface area contributed by atoms with Gasteiger partial charge in [0.1, 0.15) is 0 Å². The minimum atomic E-state index is -0.613. The van der Waals surface area contributed by atoms with E-state index in [1.54, 1.807) is 0 Å². The third kappa shape index (κ3) is 3.69. The number of aromatic nitrogens is 1. The van der Waals surface area contributed by atoms with Crippen molar-refractivity contribution in [1.82, 2.24) is 10.3 Å². The van der Waals surface area contributed by atoms with Crippen molar-refractivity contribution in [3.63, 3.8) is 0 Å². The normalized spacial score (nSPS) is 20.4. The highest BCUT2D eigenvalue weighted by atomic mass is 32.1. The molecule has 0 bridgehead atoms. The summed E-state index contributed by atoms with van der Waals surface area (Å²) < 4.78 is 0. The van der Waals surface area contributed by atoms with E-state index >= 15 is 0 Å². The lowest BCUT2D eigenvalue weighted by atomic mass is 9.82. The van der Waals surface area contributed by atoms with Crippen molar-refractivity contribution in [2.75, 3.05) is 6.54 Å². The number of nitrogens with zero attached hydrogens (tertiary/aromatic N) is 1. The summed E-state index contributed by atoms with van der Waals surface area (Å²) in [6.07, 6.45) is 11.9. The molecule has 0 aliphatic heterocycles. The summed E-state index contributed by atoms with van der Waals surface area (Å²) in [7, 11) is 0. The average molecular weight is 321 g/mol. The van der Waals surface area contributed by atoms with Gasteiger partial charge in [0.25, 0.3) is 0 Å². The number of fused-ring (bicyclic) bond motifs is 1. The quantitative estimate of drug-likeness (QED) is 0.819. The summed E-state index contributed by atoms with van der Waals surface area (Å²) in [5.41, 5.74) is 6.96. The van der Waals surface area contributed by atoms with Gasteiger partial charge in [0.15, 0.2) is 0 Å².